The fourth-order valence-corrected chi connectivity index (χ4v) is 1.27. The van der Waals surface area contributed by atoms with Crippen LogP contribution in [0.2, 0.25) is 5.02 Å². The van der Waals surface area contributed by atoms with E-state index < -0.39 is 16.4 Å². The van der Waals surface area contributed by atoms with E-state index in [0.717, 1.165) is 6.07 Å². The average Bonchev–Trinajstić information content (AvgIpc) is 2.09. The van der Waals surface area contributed by atoms with Gasteiger partial charge in [0.05, 0.1) is 10.6 Å². The summed E-state index contributed by atoms with van der Waals surface area (Å²) in [6.07, 6.45) is 0. The van der Waals surface area contributed by atoms with Crippen molar-refractivity contribution >= 4 is 40.3 Å². The molecule has 0 aliphatic rings. The van der Waals surface area contributed by atoms with E-state index >= 15 is 0 Å². The SMILES string of the molecule is NC(=S)Nc1cc(Cl)cc([N+](=O)[O-])c1O. The Morgan fingerprint density at radius 3 is 2.73 bits per heavy atom. The number of thiocarbonyl (C=S) groups is 1. The Morgan fingerprint density at radius 1 is 1.67 bits per heavy atom. The van der Waals surface area contributed by atoms with Gasteiger partial charge in [-0.25, -0.2) is 0 Å². The summed E-state index contributed by atoms with van der Waals surface area (Å²) < 4.78 is 0. The molecular weight excluding hydrogens is 242 g/mol. The number of phenolic OH excluding ortho intramolecular Hbond substituents is 1. The molecule has 0 atom stereocenters. The third kappa shape index (κ3) is 2.67. The summed E-state index contributed by atoms with van der Waals surface area (Å²) in [5.74, 6) is -0.558. The Morgan fingerprint density at radius 2 is 2.27 bits per heavy atom. The van der Waals surface area contributed by atoms with E-state index in [1.54, 1.807) is 0 Å². The number of halogens is 1. The summed E-state index contributed by atoms with van der Waals surface area (Å²) in [6, 6.07) is 2.31. The number of nitrogens with zero attached hydrogens (tertiary/aromatic N) is 1. The zero-order valence-corrected chi connectivity index (χ0v) is 8.80. The molecule has 1 rings (SSSR count). The van der Waals surface area contributed by atoms with Gasteiger partial charge in [-0.15, -0.1) is 0 Å². The minimum Gasteiger partial charge on any atom is -0.501 e. The predicted octanol–water partition coefficient (Wildman–Crippen LogP) is 1.61. The van der Waals surface area contributed by atoms with Crippen LogP contribution in [-0.2, 0) is 0 Å². The van der Waals surface area contributed by atoms with E-state index in [4.69, 9.17) is 17.3 Å². The first-order valence-electron chi connectivity index (χ1n) is 3.65. The first-order valence-corrected chi connectivity index (χ1v) is 4.44. The van der Waals surface area contributed by atoms with Gasteiger partial charge in [-0.05, 0) is 18.3 Å². The number of phenols is 1. The summed E-state index contributed by atoms with van der Waals surface area (Å²) in [7, 11) is 0. The smallest absolute Gasteiger partial charge is 0.314 e. The van der Waals surface area contributed by atoms with Crippen molar-refractivity contribution in [3.05, 3.63) is 27.3 Å². The van der Waals surface area contributed by atoms with Gasteiger partial charge in [0.25, 0.3) is 0 Å². The number of rotatable bonds is 2. The molecule has 0 unspecified atom stereocenters. The van der Waals surface area contributed by atoms with Crippen LogP contribution in [0.15, 0.2) is 12.1 Å². The maximum absolute atomic E-state index is 10.5. The van der Waals surface area contributed by atoms with E-state index in [2.05, 4.69) is 17.5 Å². The first-order chi connectivity index (χ1) is 6.91. The molecule has 0 aromatic heterocycles. The van der Waals surface area contributed by atoms with Gasteiger partial charge in [0.2, 0.25) is 5.75 Å². The van der Waals surface area contributed by atoms with Crippen molar-refractivity contribution < 1.29 is 10.0 Å². The fourth-order valence-electron chi connectivity index (χ4n) is 0.952. The Bertz CT molecular complexity index is 438. The molecule has 0 spiro atoms. The van der Waals surface area contributed by atoms with Crippen LogP contribution in [0.4, 0.5) is 11.4 Å². The third-order valence-corrected chi connectivity index (χ3v) is 1.83. The normalized spacial score (nSPS) is 9.67. The standard InChI is InChI=1S/C7H6ClN3O3S/c8-3-1-4(10-7(9)15)6(12)5(2-3)11(13)14/h1-2,12H,(H3,9,10,15). The molecule has 0 fully saturated rings. The first kappa shape index (κ1) is 11.5. The highest BCUT2D eigenvalue weighted by Crippen LogP contribution is 2.36. The van der Waals surface area contributed by atoms with Crippen molar-refractivity contribution in [3.8, 4) is 5.75 Å². The number of benzene rings is 1. The van der Waals surface area contributed by atoms with Crippen LogP contribution in [-0.4, -0.2) is 15.1 Å². The molecule has 0 saturated carbocycles. The van der Waals surface area contributed by atoms with Crippen molar-refractivity contribution in [3.63, 3.8) is 0 Å². The van der Waals surface area contributed by atoms with Crippen LogP contribution in [0.3, 0.4) is 0 Å². The molecule has 1 aromatic carbocycles. The summed E-state index contributed by atoms with van der Waals surface area (Å²) in [5, 5.41) is 22.3. The van der Waals surface area contributed by atoms with Gasteiger partial charge < -0.3 is 16.2 Å². The van der Waals surface area contributed by atoms with Crippen LogP contribution in [0.1, 0.15) is 0 Å². The highest BCUT2D eigenvalue weighted by Gasteiger charge is 2.18. The molecule has 0 amide bonds. The second-order valence-electron chi connectivity index (χ2n) is 2.57. The van der Waals surface area contributed by atoms with Gasteiger partial charge in [0.15, 0.2) is 5.11 Å². The molecule has 0 aliphatic carbocycles. The van der Waals surface area contributed by atoms with Gasteiger partial charge in [-0.2, -0.15) is 0 Å². The number of aromatic hydroxyl groups is 1. The molecule has 8 heteroatoms. The molecule has 0 bridgehead atoms. The number of nitro benzene ring substituents is 1. The van der Waals surface area contributed by atoms with E-state index in [1.807, 2.05) is 0 Å². The topological polar surface area (TPSA) is 101 Å². The fraction of sp³-hybridized carbons (Fsp3) is 0. The van der Waals surface area contributed by atoms with Crippen LogP contribution in [0, 0.1) is 10.1 Å². The Kier molecular flexibility index (Phi) is 3.28. The largest absolute Gasteiger partial charge is 0.501 e. The van der Waals surface area contributed by atoms with Gasteiger partial charge in [0.1, 0.15) is 0 Å². The lowest BCUT2D eigenvalue weighted by molar-refractivity contribution is -0.385. The van der Waals surface area contributed by atoms with Crippen LogP contribution in [0.25, 0.3) is 0 Å². The molecular formula is C7H6ClN3O3S. The van der Waals surface area contributed by atoms with Gasteiger partial charge >= 0.3 is 5.69 Å². The van der Waals surface area contributed by atoms with E-state index in [-0.39, 0.29) is 15.8 Å². The van der Waals surface area contributed by atoms with Crippen molar-refractivity contribution in [2.24, 2.45) is 5.73 Å². The molecule has 6 nitrogen and oxygen atoms in total. The Labute approximate surface area is 94.8 Å². The van der Waals surface area contributed by atoms with Gasteiger partial charge in [-0.1, -0.05) is 11.6 Å². The summed E-state index contributed by atoms with van der Waals surface area (Å²) in [5.41, 5.74) is 4.65. The van der Waals surface area contributed by atoms with Crippen molar-refractivity contribution in [2.75, 3.05) is 5.32 Å². The second-order valence-corrected chi connectivity index (χ2v) is 3.44. The molecule has 80 valence electrons. The highest BCUT2D eigenvalue weighted by atomic mass is 35.5. The predicted molar refractivity (Wildman–Crippen MR) is 60.2 cm³/mol. The summed E-state index contributed by atoms with van der Waals surface area (Å²) >= 11 is 10.1. The molecule has 0 saturated heterocycles. The number of hydrogen-bond donors (Lipinski definition) is 3. The zero-order chi connectivity index (χ0) is 11.6. The monoisotopic (exact) mass is 247 g/mol. The second kappa shape index (κ2) is 4.28. The minimum atomic E-state index is -0.758. The molecule has 1 aromatic rings. The van der Waals surface area contributed by atoms with Crippen molar-refractivity contribution in [1.29, 1.82) is 0 Å². The van der Waals surface area contributed by atoms with Gasteiger partial charge in [-0.3, -0.25) is 10.1 Å². The minimum absolute atomic E-state index is 0.00157. The molecule has 15 heavy (non-hydrogen) atoms. The molecule has 4 N–H and O–H groups in total. The summed E-state index contributed by atoms with van der Waals surface area (Å²) in [6.45, 7) is 0. The number of anilines is 1. The summed E-state index contributed by atoms with van der Waals surface area (Å²) in [4.78, 5) is 9.75. The van der Waals surface area contributed by atoms with Crippen molar-refractivity contribution in [1.82, 2.24) is 0 Å². The number of nitrogens with two attached hydrogens (primary N) is 1. The molecule has 0 heterocycles. The maximum Gasteiger partial charge on any atom is 0.314 e. The maximum atomic E-state index is 10.5. The lowest BCUT2D eigenvalue weighted by Crippen LogP contribution is -2.19. The molecule has 0 radical (unpaired) electrons. The van der Waals surface area contributed by atoms with Crippen molar-refractivity contribution in [2.45, 2.75) is 0 Å². The van der Waals surface area contributed by atoms with E-state index in [0.29, 0.717) is 0 Å². The third-order valence-electron chi connectivity index (χ3n) is 1.51. The van der Waals surface area contributed by atoms with E-state index in [9.17, 15) is 15.2 Å². The highest BCUT2D eigenvalue weighted by molar-refractivity contribution is 7.80. The Hall–Kier alpha value is -1.60. The van der Waals surface area contributed by atoms with Crippen LogP contribution < -0.4 is 11.1 Å². The lowest BCUT2D eigenvalue weighted by Gasteiger charge is -2.06. The zero-order valence-electron chi connectivity index (χ0n) is 7.23. The van der Waals surface area contributed by atoms with E-state index in [1.165, 1.54) is 6.07 Å². The lowest BCUT2D eigenvalue weighted by atomic mass is 10.2. The average molecular weight is 248 g/mol. The van der Waals surface area contributed by atoms with Crippen LogP contribution >= 0.6 is 23.8 Å². The molecule has 0 aliphatic heterocycles. The number of nitrogens with one attached hydrogen (secondary N) is 1. The quantitative estimate of drug-likeness (QED) is 0.318. The Balaban J connectivity index is 3.28. The number of hydrogen-bond acceptors (Lipinski definition) is 4. The number of nitro groups is 1. The van der Waals surface area contributed by atoms with Gasteiger partial charge in [0, 0.05) is 11.1 Å². The van der Waals surface area contributed by atoms with Crippen LogP contribution in [0.5, 0.6) is 5.75 Å².